The first-order valence-electron chi connectivity index (χ1n) is 5.54. The lowest BCUT2D eigenvalue weighted by molar-refractivity contribution is 0.0696. The molecular weight excluding hydrogens is 339 g/mol. The van der Waals surface area contributed by atoms with Gasteiger partial charge in [-0.05, 0) is 30.3 Å². The first-order chi connectivity index (χ1) is 9.86. The molecule has 1 aromatic carbocycles. The summed E-state index contributed by atoms with van der Waals surface area (Å²) in [5, 5.41) is 11.6. The molecule has 0 saturated carbocycles. The number of hydrogen-bond acceptors (Lipinski definition) is 3. The molecule has 0 radical (unpaired) electrons. The Labute approximate surface area is 134 Å². The van der Waals surface area contributed by atoms with Crippen molar-refractivity contribution in [3.8, 4) is 0 Å². The Morgan fingerprint density at radius 3 is 2.14 bits per heavy atom. The SMILES string of the molecule is O=C(O)c1ccc(NC(=O)c2cc(Cl)nc(Cl)c2)c(Cl)c1. The van der Waals surface area contributed by atoms with Gasteiger partial charge in [0.2, 0.25) is 0 Å². The largest absolute Gasteiger partial charge is 0.478 e. The molecule has 0 aliphatic rings. The molecule has 1 heterocycles. The van der Waals surface area contributed by atoms with Crippen molar-refractivity contribution in [1.82, 2.24) is 4.98 Å². The highest BCUT2D eigenvalue weighted by molar-refractivity contribution is 6.35. The number of benzene rings is 1. The second-order valence-corrected chi connectivity index (χ2v) is 5.14. The summed E-state index contributed by atoms with van der Waals surface area (Å²) in [5.41, 5.74) is 0.502. The number of aromatic carboxylic acids is 1. The summed E-state index contributed by atoms with van der Waals surface area (Å²) in [7, 11) is 0. The highest BCUT2D eigenvalue weighted by atomic mass is 35.5. The van der Waals surface area contributed by atoms with Gasteiger partial charge in [0, 0.05) is 5.56 Å². The number of carbonyl (C=O) groups is 2. The molecule has 21 heavy (non-hydrogen) atoms. The van der Waals surface area contributed by atoms with Gasteiger partial charge in [-0.2, -0.15) is 0 Å². The summed E-state index contributed by atoms with van der Waals surface area (Å²) >= 11 is 17.4. The normalized spacial score (nSPS) is 10.2. The Bertz CT molecular complexity index is 714. The van der Waals surface area contributed by atoms with E-state index in [4.69, 9.17) is 39.9 Å². The monoisotopic (exact) mass is 344 g/mol. The van der Waals surface area contributed by atoms with E-state index in [2.05, 4.69) is 10.3 Å². The smallest absolute Gasteiger partial charge is 0.335 e. The average molecular weight is 346 g/mol. The molecule has 0 aliphatic carbocycles. The summed E-state index contributed by atoms with van der Waals surface area (Å²) < 4.78 is 0. The van der Waals surface area contributed by atoms with Gasteiger partial charge in [0.15, 0.2) is 0 Å². The fraction of sp³-hybridized carbons (Fsp3) is 0. The Hall–Kier alpha value is -1.82. The molecule has 0 fully saturated rings. The topological polar surface area (TPSA) is 79.3 Å². The summed E-state index contributed by atoms with van der Waals surface area (Å²) in [4.78, 5) is 26.6. The second kappa shape index (κ2) is 6.30. The minimum atomic E-state index is -1.11. The minimum absolute atomic E-state index is 0.0213. The molecule has 0 unspecified atom stereocenters. The van der Waals surface area contributed by atoms with E-state index < -0.39 is 11.9 Å². The maximum atomic E-state index is 12.1. The van der Waals surface area contributed by atoms with Crippen LogP contribution in [0.25, 0.3) is 0 Å². The number of rotatable bonds is 3. The molecule has 0 spiro atoms. The molecule has 5 nitrogen and oxygen atoms in total. The zero-order chi connectivity index (χ0) is 15.6. The molecule has 0 bridgehead atoms. The number of carboxylic acids is 1. The van der Waals surface area contributed by atoms with E-state index >= 15 is 0 Å². The van der Waals surface area contributed by atoms with Gasteiger partial charge < -0.3 is 10.4 Å². The van der Waals surface area contributed by atoms with Gasteiger partial charge in [-0.15, -0.1) is 0 Å². The molecule has 1 aromatic heterocycles. The second-order valence-electron chi connectivity index (χ2n) is 3.96. The summed E-state index contributed by atoms with van der Waals surface area (Å²) in [5.74, 6) is -1.60. The molecule has 8 heteroatoms. The van der Waals surface area contributed by atoms with Gasteiger partial charge in [-0.1, -0.05) is 34.8 Å². The van der Waals surface area contributed by atoms with Crippen molar-refractivity contribution in [3.05, 3.63) is 56.8 Å². The number of carboxylic acid groups (broad SMARTS) is 1. The number of nitrogens with zero attached hydrogens (tertiary/aromatic N) is 1. The van der Waals surface area contributed by atoms with Crippen LogP contribution in [0.4, 0.5) is 5.69 Å². The number of amides is 1. The Morgan fingerprint density at radius 2 is 1.62 bits per heavy atom. The standard InChI is InChI=1S/C13H7Cl3N2O3/c14-8-3-6(13(20)21)1-2-9(8)17-12(19)7-4-10(15)18-11(16)5-7/h1-5H,(H,17,19)(H,20,21). The van der Waals surface area contributed by atoms with E-state index in [-0.39, 0.29) is 32.1 Å². The molecule has 2 N–H and O–H groups in total. The van der Waals surface area contributed by atoms with Crippen LogP contribution < -0.4 is 5.32 Å². The van der Waals surface area contributed by atoms with Crippen molar-refractivity contribution >= 4 is 52.4 Å². The lowest BCUT2D eigenvalue weighted by Crippen LogP contribution is -2.13. The van der Waals surface area contributed by atoms with Crippen LogP contribution in [0.5, 0.6) is 0 Å². The van der Waals surface area contributed by atoms with E-state index in [1.54, 1.807) is 0 Å². The predicted octanol–water partition coefficient (Wildman–Crippen LogP) is 3.99. The lowest BCUT2D eigenvalue weighted by atomic mass is 10.2. The van der Waals surface area contributed by atoms with E-state index in [1.807, 2.05) is 0 Å². The first kappa shape index (κ1) is 15.6. The number of carbonyl (C=O) groups excluding carboxylic acids is 1. The number of pyridine rings is 1. The first-order valence-corrected chi connectivity index (χ1v) is 6.67. The molecule has 108 valence electrons. The van der Waals surface area contributed by atoms with Gasteiger partial charge in [0.25, 0.3) is 5.91 Å². The van der Waals surface area contributed by atoms with Crippen molar-refractivity contribution < 1.29 is 14.7 Å². The van der Waals surface area contributed by atoms with Crippen LogP contribution in [0.1, 0.15) is 20.7 Å². The van der Waals surface area contributed by atoms with Gasteiger partial charge in [0.05, 0.1) is 16.3 Å². The molecule has 1 amide bonds. The van der Waals surface area contributed by atoms with E-state index in [0.717, 1.165) is 0 Å². The van der Waals surface area contributed by atoms with Crippen LogP contribution in [0.2, 0.25) is 15.3 Å². The van der Waals surface area contributed by atoms with E-state index in [9.17, 15) is 9.59 Å². The molecule has 2 rings (SSSR count). The van der Waals surface area contributed by atoms with Crippen molar-refractivity contribution in [1.29, 1.82) is 0 Å². The van der Waals surface area contributed by atoms with Crippen LogP contribution in [-0.2, 0) is 0 Å². The third kappa shape index (κ3) is 3.85. The van der Waals surface area contributed by atoms with E-state index in [1.165, 1.54) is 30.3 Å². The highest BCUT2D eigenvalue weighted by Gasteiger charge is 2.12. The minimum Gasteiger partial charge on any atom is -0.478 e. The Kier molecular flexibility index (Phi) is 4.67. The number of hydrogen-bond donors (Lipinski definition) is 2. The number of aromatic nitrogens is 1. The van der Waals surface area contributed by atoms with E-state index in [0.29, 0.717) is 0 Å². The van der Waals surface area contributed by atoms with Crippen molar-refractivity contribution in [2.75, 3.05) is 5.32 Å². The van der Waals surface area contributed by atoms with Crippen LogP contribution in [0.3, 0.4) is 0 Å². The zero-order valence-electron chi connectivity index (χ0n) is 10.2. The van der Waals surface area contributed by atoms with Crippen LogP contribution in [0.15, 0.2) is 30.3 Å². The fourth-order valence-corrected chi connectivity index (χ4v) is 2.23. The zero-order valence-corrected chi connectivity index (χ0v) is 12.5. The third-order valence-corrected chi connectivity index (χ3v) is 3.19. The quantitative estimate of drug-likeness (QED) is 0.824. The maximum absolute atomic E-state index is 12.1. The van der Waals surface area contributed by atoms with Crippen molar-refractivity contribution in [3.63, 3.8) is 0 Å². The van der Waals surface area contributed by atoms with Crippen LogP contribution >= 0.6 is 34.8 Å². The van der Waals surface area contributed by atoms with Crippen molar-refractivity contribution in [2.45, 2.75) is 0 Å². The Morgan fingerprint density at radius 1 is 1.00 bits per heavy atom. The van der Waals surface area contributed by atoms with Gasteiger partial charge >= 0.3 is 5.97 Å². The number of nitrogens with one attached hydrogen (secondary N) is 1. The van der Waals surface area contributed by atoms with Crippen molar-refractivity contribution in [2.24, 2.45) is 0 Å². The molecular formula is C13H7Cl3N2O3. The average Bonchev–Trinajstić information content (AvgIpc) is 2.39. The molecule has 0 atom stereocenters. The Balaban J connectivity index is 2.25. The molecule has 0 saturated heterocycles. The highest BCUT2D eigenvalue weighted by Crippen LogP contribution is 2.24. The maximum Gasteiger partial charge on any atom is 0.335 e. The lowest BCUT2D eigenvalue weighted by Gasteiger charge is -2.08. The third-order valence-electron chi connectivity index (χ3n) is 2.49. The van der Waals surface area contributed by atoms with Crippen LogP contribution in [-0.4, -0.2) is 22.0 Å². The molecule has 0 aliphatic heterocycles. The summed E-state index contributed by atoms with van der Waals surface area (Å²) in [6.07, 6.45) is 0. The fourth-order valence-electron chi connectivity index (χ4n) is 1.54. The summed E-state index contributed by atoms with van der Waals surface area (Å²) in [6.45, 7) is 0. The number of anilines is 1. The predicted molar refractivity (Wildman–Crippen MR) is 80.6 cm³/mol. The van der Waals surface area contributed by atoms with Gasteiger partial charge in [-0.25, -0.2) is 9.78 Å². The number of halogens is 3. The van der Waals surface area contributed by atoms with Gasteiger partial charge in [-0.3, -0.25) is 4.79 Å². The van der Waals surface area contributed by atoms with Gasteiger partial charge in [0.1, 0.15) is 10.3 Å². The molecule has 2 aromatic rings. The van der Waals surface area contributed by atoms with Crippen LogP contribution in [0, 0.1) is 0 Å². The summed E-state index contributed by atoms with van der Waals surface area (Å²) in [6, 6.07) is 6.67.